The number of aliphatic hydroxyl groups excluding tert-OH is 1. The summed E-state index contributed by atoms with van der Waals surface area (Å²) >= 11 is 0. The average Bonchev–Trinajstić information content (AvgIpc) is 3.38. The zero-order valence-electron chi connectivity index (χ0n) is 18.3. The van der Waals surface area contributed by atoms with Gasteiger partial charge < -0.3 is 15.3 Å². The quantitative estimate of drug-likeness (QED) is 0.404. The number of β-amino-alcohol motifs (C(OH)–C–C–N with tert-alkyl or cyclic N) is 1. The van der Waals surface area contributed by atoms with E-state index in [1.165, 1.54) is 0 Å². The predicted molar refractivity (Wildman–Crippen MR) is 126 cm³/mol. The van der Waals surface area contributed by atoms with E-state index in [-0.39, 0.29) is 5.54 Å². The van der Waals surface area contributed by atoms with Gasteiger partial charge in [-0.25, -0.2) is 4.98 Å². The first-order valence-corrected chi connectivity index (χ1v) is 11.2. The van der Waals surface area contributed by atoms with Crippen LogP contribution in [0, 0.1) is 0 Å². The van der Waals surface area contributed by atoms with Crippen LogP contribution < -0.4 is 5.32 Å². The Morgan fingerprint density at radius 2 is 1.73 bits per heavy atom. The summed E-state index contributed by atoms with van der Waals surface area (Å²) in [5, 5.41) is 22.0. The van der Waals surface area contributed by atoms with Crippen LogP contribution in [0.4, 0.5) is 5.69 Å². The summed E-state index contributed by atoms with van der Waals surface area (Å²) in [4.78, 5) is 15.5. The molecular formula is C25H27N7O. The van der Waals surface area contributed by atoms with Crippen molar-refractivity contribution >= 4 is 5.69 Å². The summed E-state index contributed by atoms with van der Waals surface area (Å²) in [5.74, 6) is 1.48. The van der Waals surface area contributed by atoms with E-state index in [9.17, 15) is 5.11 Å². The molecule has 1 aromatic carbocycles. The third-order valence-corrected chi connectivity index (χ3v) is 6.20. The van der Waals surface area contributed by atoms with E-state index in [2.05, 4.69) is 42.5 Å². The molecule has 0 aliphatic carbocycles. The predicted octanol–water partition coefficient (Wildman–Crippen LogP) is 3.40. The smallest absolute Gasteiger partial charge is 0.181 e. The minimum absolute atomic E-state index is 0.383. The number of H-pyrrole nitrogens is 1. The van der Waals surface area contributed by atoms with E-state index in [4.69, 9.17) is 4.98 Å². The normalized spacial score (nSPS) is 16.9. The lowest BCUT2D eigenvalue weighted by Gasteiger charge is -2.42. The largest absolute Gasteiger partial charge is 0.385 e. The number of piperidine rings is 1. The topological polar surface area (TPSA) is 103 Å². The lowest BCUT2D eigenvalue weighted by molar-refractivity contribution is 0.0820. The molecule has 0 saturated carbocycles. The van der Waals surface area contributed by atoms with Gasteiger partial charge in [-0.15, -0.1) is 0 Å². The molecule has 3 N–H and O–H groups in total. The van der Waals surface area contributed by atoms with Crippen molar-refractivity contribution in [3.8, 4) is 11.4 Å². The zero-order valence-corrected chi connectivity index (χ0v) is 18.3. The van der Waals surface area contributed by atoms with Gasteiger partial charge in [0.1, 0.15) is 6.10 Å². The number of pyridine rings is 2. The molecule has 0 radical (unpaired) electrons. The highest BCUT2D eigenvalue weighted by Crippen LogP contribution is 2.36. The molecule has 4 heterocycles. The maximum atomic E-state index is 10.6. The Labute approximate surface area is 192 Å². The number of benzene rings is 1. The second-order valence-corrected chi connectivity index (χ2v) is 8.39. The van der Waals surface area contributed by atoms with Crippen molar-refractivity contribution in [1.82, 2.24) is 30.0 Å². The number of hydrogen-bond acceptors (Lipinski definition) is 7. The Bertz CT molecular complexity index is 1140. The number of likely N-dealkylation sites (tertiary alicyclic amines) is 1. The summed E-state index contributed by atoms with van der Waals surface area (Å²) in [5.41, 5.74) is 2.29. The second-order valence-electron chi connectivity index (χ2n) is 8.39. The van der Waals surface area contributed by atoms with Crippen molar-refractivity contribution < 1.29 is 5.11 Å². The third-order valence-electron chi connectivity index (χ3n) is 6.20. The highest BCUT2D eigenvalue weighted by molar-refractivity contribution is 5.54. The van der Waals surface area contributed by atoms with Crippen molar-refractivity contribution in [2.45, 2.75) is 24.5 Å². The molecule has 3 aromatic heterocycles. The number of nitrogens with one attached hydrogen (secondary N) is 2. The van der Waals surface area contributed by atoms with Crippen LogP contribution in [-0.2, 0) is 5.54 Å². The molecule has 4 aromatic rings. The standard InChI is InChI=1S/C25H27N7O/c33-22(21-8-4-5-13-27-21)18-32-16-11-25(12-17-32,29-20-6-2-1-3-7-20)24-28-23(30-31-24)19-9-14-26-15-10-19/h1-10,13-15,22,29,33H,11-12,16-18H2,(H,28,30,31). The fourth-order valence-corrected chi connectivity index (χ4v) is 4.35. The number of para-hydroxylation sites is 1. The highest BCUT2D eigenvalue weighted by atomic mass is 16.3. The van der Waals surface area contributed by atoms with Crippen LogP contribution in [0.1, 0.15) is 30.5 Å². The van der Waals surface area contributed by atoms with Crippen LogP contribution in [0.2, 0.25) is 0 Å². The minimum Gasteiger partial charge on any atom is -0.385 e. The number of hydrogen-bond donors (Lipinski definition) is 3. The molecule has 1 aliphatic heterocycles. The number of rotatable bonds is 7. The molecule has 33 heavy (non-hydrogen) atoms. The van der Waals surface area contributed by atoms with Crippen LogP contribution in [-0.4, -0.2) is 54.8 Å². The van der Waals surface area contributed by atoms with Crippen LogP contribution in [0.5, 0.6) is 0 Å². The van der Waals surface area contributed by atoms with Crippen LogP contribution in [0.3, 0.4) is 0 Å². The Balaban J connectivity index is 1.36. The summed E-state index contributed by atoms with van der Waals surface area (Å²) < 4.78 is 0. The zero-order chi connectivity index (χ0) is 22.5. The van der Waals surface area contributed by atoms with Crippen molar-refractivity contribution in [2.75, 3.05) is 25.0 Å². The molecule has 1 saturated heterocycles. The number of aromatic nitrogens is 5. The SMILES string of the molecule is OC(CN1CCC(Nc2ccccc2)(c2nc(-c3ccncc3)n[nH]2)CC1)c1ccccn1. The summed E-state index contributed by atoms with van der Waals surface area (Å²) in [6.45, 7) is 2.18. The van der Waals surface area contributed by atoms with E-state index in [1.807, 2.05) is 48.5 Å². The van der Waals surface area contributed by atoms with Gasteiger partial charge in [-0.05, 0) is 49.2 Å². The Hall–Kier alpha value is -3.62. The van der Waals surface area contributed by atoms with Gasteiger partial charge in [-0.3, -0.25) is 15.1 Å². The maximum absolute atomic E-state index is 10.6. The van der Waals surface area contributed by atoms with Gasteiger partial charge in [-0.1, -0.05) is 24.3 Å². The lowest BCUT2D eigenvalue weighted by Crippen LogP contribution is -2.48. The first-order valence-electron chi connectivity index (χ1n) is 11.2. The van der Waals surface area contributed by atoms with E-state index >= 15 is 0 Å². The van der Waals surface area contributed by atoms with E-state index in [0.717, 1.165) is 43.0 Å². The Morgan fingerprint density at radius 1 is 0.970 bits per heavy atom. The molecule has 8 heteroatoms. The molecule has 8 nitrogen and oxygen atoms in total. The number of anilines is 1. The fourth-order valence-electron chi connectivity index (χ4n) is 4.35. The van der Waals surface area contributed by atoms with Gasteiger partial charge >= 0.3 is 0 Å². The highest BCUT2D eigenvalue weighted by Gasteiger charge is 2.39. The Kier molecular flexibility index (Phi) is 6.10. The van der Waals surface area contributed by atoms with E-state index in [0.29, 0.717) is 18.1 Å². The first-order chi connectivity index (χ1) is 16.2. The molecular weight excluding hydrogens is 414 g/mol. The van der Waals surface area contributed by atoms with Crippen LogP contribution >= 0.6 is 0 Å². The second kappa shape index (κ2) is 9.48. The number of nitrogens with zero attached hydrogens (tertiary/aromatic N) is 5. The first kappa shape index (κ1) is 21.2. The van der Waals surface area contributed by atoms with E-state index in [1.54, 1.807) is 18.6 Å². The molecule has 1 aliphatic rings. The van der Waals surface area contributed by atoms with Crippen LogP contribution in [0.25, 0.3) is 11.4 Å². The maximum Gasteiger partial charge on any atom is 0.181 e. The Morgan fingerprint density at radius 3 is 2.45 bits per heavy atom. The van der Waals surface area contributed by atoms with Crippen molar-refractivity contribution in [1.29, 1.82) is 0 Å². The molecule has 0 bridgehead atoms. The number of aliphatic hydroxyl groups is 1. The van der Waals surface area contributed by atoms with Gasteiger partial charge in [0, 0.05) is 49.5 Å². The van der Waals surface area contributed by atoms with Gasteiger partial charge in [-0.2, -0.15) is 5.10 Å². The van der Waals surface area contributed by atoms with E-state index < -0.39 is 6.10 Å². The summed E-state index contributed by atoms with van der Waals surface area (Å²) in [6, 6.07) is 19.6. The van der Waals surface area contributed by atoms with Gasteiger partial charge in [0.05, 0.1) is 11.2 Å². The van der Waals surface area contributed by atoms with Gasteiger partial charge in [0.15, 0.2) is 11.6 Å². The minimum atomic E-state index is -0.607. The van der Waals surface area contributed by atoms with Crippen molar-refractivity contribution in [3.63, 3.8) is 0 Å². The average molecular weight is 442 g/mol. The molecule has 0 spiro atoms. The fraction of sp³-hybridized carbons (Fsp3) is 0.280. The monoisotopic (exact) mass is 441 g/mol. The van der Waals surface area contributed by atoms with Crippen molar-refractivity contribution in [3.05, 3.63) is 90.8 Å². The molecule has 1 fully saturated rings. The molecule has 1 unspecified atom stereocenters. The molecule has 0 amide bonds. The van der Waals surface area contributed by atoms with Crippen LogP contribution in [0.15, 0.2) is 79.3 Å². The van der Waals surface area contributed by atoms with Crippen molar-refractivity contribution in [2.24, 2.45) is 0 Å². The lowest BCUT2D eigenvalue weighted by atomic mass is 9.86. The summed E-state index contributed by atoms with van der Waals surface area (Å²) in [7, 11) is 0. The molecule has 1 atom stereocenters. The molecule has 5 rings (SSSR count). The third kappa shape index (κ3) is 4.76. The molecule has 168 valence electrons. The number of aromatic amines is 1. The van der Waals surface area contributed by atoms with Gasteiger partial charge in [0.2, 0.25) is 0 Å². The van der Waals surface area contributed by atoms with Gasteiger partial charge in [0.25, 0.3) is 0 Å². The summed E-state index contributed by atoms with van der Waals surface area (Å²) in [6.07, 6.45) is 6.24.